The number of benzene rings is 1. The van der Waals surface area contributed by atoms with Crippen LogP contribution in [0.5, 0.6) is 0 Å². The first-order valence-corrected chi connectivity index (χ1v) is 9.50. The van der Waals surface area contributed by atoms with E-state index in [1.807, 2.05) is 12.1 Å². The van der Waals surface area contributed by atoms with Crippen LogP contribution in [0.2, 0.25) is 5.02 Å². The molecule has 1 unspecified atom stereocenters. The van der Waals surface area contributed by atoms with E-state index in [1.54, 1.807) is 30.9 Å². The van der Waals surface area contributed by atoms with Crippen LogP contribution in [0, 0.1) is 0 Å². The van der Waals surface area contributed by atoms with Crippen molar-refractivity contribution in [1.29, 1.82) is 0 Å². The molecule has 0 radical (unpaired) electrons. The highest BCUT2D eigenvalue weighted by molar-refractivity contribution is 6.30. The van der Waals surface area contributed by atoms with Crippen LogP contribution < -0.4 is 5.32 Å². The van der Waals surface area contributed by atoms with Gasteiger partial charge in [0.15, 0.2) is 0 Å². The molecule has 6 nitrogen and oxygen atoms in total. The number of nitrogens with zero attached hydrogens (tertiary/aromatic N) is 2. The Bertz CT molecular complexity index is 588. The van der Waals surface area contributed by atoms with E-state index in [0.29, 0.717) is 24.5 Å². The average molecular weight is 382 g/mol. The van der Waals surface area contributed by atoms with Crippen LogP contribution in [0.15, 0.2) is 24.3 Å². The third-order valence-electron chi connectivity index (χ3n) is 4.57. The van der Waals surface area contributed by atoms with Gasteiger partial charge in [0.05, 0.1) is 13.2 Å². The van der Waals surface area contributed by atoms with E-state index in [9.17, 15) is 9.59 Å². The number of amides is 2. The summed E-state index contributed by atoms with van der Waals surface area (Å²) in [4.78, 5) is 28.7. The van der Waals surface area contributed by atoms with Crippen molar-refractivity contribution < 1.29 is 14.3 Å². The smallest absolute Gasteiger partial charge is 0.242 e. The molecular weight excluding hydrogens is 354 g/mol. The Balaban J connectivity index is 1.89. The second kappa shape index (κ2) is 10.5. The van der Waals surface area contributed by atoms with Crippen LogP contribution in [0.25, 0.3) is 0 Å². The fourth-order valence-electron chi connectivity index (χ4n) is 2.88. The van der Waals surface area contributed by atoms with Crippen LogP contribution >= 0.6 is 11.6 Å². The summed E-state index contributed by atoms with van der Waals surface area (Å²) in [6.45, 7) is 8.59. The SMILES string of the molecule is CCC(=O)N(Cc1ccc(Cl)cc1)C(C)C(=O)NCCN1CCOCC1. The Kier molecular flexibility index (Phi) is 8.35. The van der Waals surface area contributed by atoms with Crippen LogP contribution in [0.1, 0.15) is 25.8 Å². The van der Waals surface area contributed by atoms with Gasteiger partial charge in [-0.2, -0.15) is 0 Å². The summed E-state index contributed by atoms with van der Waals surface area (Å²) < 4.78 is 5.32. The monoisotopic (exact) mass is 381 g/mol. The highest BCUT2D eigenvalue weighted by Gasteiger charge is 2.25. The van der Waals surface area contributed by atoms with Crippen molar-refractivity contribution in [3.05, 3.63) is 34.9 Å². The molecule has 1 N–H and O–H groups in total. The highest BCUT2D eigenvalue weighted by atomic mass is 35.5. The lowest BCUT2D eigenvalue weighted by Crippen LogP contribution is -2.49. The van der Waals surface area contributed by atoms with Gasteiger partial charge in [0.1, 0.15) is 6.04 Å². The molecule has 1 saturated heterocycles. The Morgan fingerprint density at radius 1 is 1.27 bits per heavy atom. The maximum atomic E-state index is 12.5. The maximum absolute atomic E-state index is 12.5. The number of nitrogens with one attached hydrogen (secondary N) is 1. The number of morpholine rings is 1. The summed E-state index contributed by atoms with van der Waals surface area (Å²) in [5, 5.41) is 3.60. The van der Waals surface area contributed by atoms with Gasteiger partial charge in [0.2, 0.25) is 11.8 Å². The van der Waals surface area contributed by atoms with E-state index >= 15 is 0 Å². The van der Waals surface area contributed by atoms with Gasteiger partial charge in [0, 0.05) is 44.2 Å². The molecule has 1 aromatic carbocycles. The molecule has 0 saturated carbocycles. The summed E-state index contributed by atoms with van der Waals surface area (Å²) in [7, 11) is 0. The number of halogens is 1. The number of carbonyl (C=O) groups is 2. The molecule has 0 bridgehead atoms. The summed E-state index contributed by atoms with van der Waals surface area (Å²) in [6, 6.07) is 6.81. The lowest BCUT2D eigenvalue weighted by atomic mass is 10.1. The molecule has 1 atom stereocenters. The largest absolute Gasteiger partial charge is 0.379 e. The van der Waals surface area contributed by atoms with Crippen molar-refractivity contribution in [2.45, 2.75) is 32.9 Å². The number of hydrogen-bond acceptors (Lipinski definition) is 4. The van der Waals surface area contributed by atoms with Crippen molar-refractivity contribution in [2.75, 3.05) is 39.4 Å². The first-order chi connectivity index (χ1) is 12.5. The van der Waals surface area contributed by atoms with Gasteiger partial charge in [-0.25, -0.2) is 0 Å². The summed E-state index contributed by atoms with van der Waals surface area (Å²) in [5.74, 6) is -0.176. The second-order valence-corrected chi connectivity index (χ2v) is 6.86. The fourth-order valence-corrected chi connectivity index (χ4v) is 3.01. The van der Waals surface area contributed by atoms with Crippen LogP contribution in [0.4, 0.5) is 0 Å². The molecule has 7 heteroatoms. The van der Waals surface area contributed by atoms with Gasteiger partial charge >= 0.3 is 0 Å². The molecule has 1 aliphatic heterocycles. The predicted octanol–water partition coefficient (Wildman–Crippen LogP) is 1.92. The number of rotatable bonds is 8. The molecule has 2 rings (SSSR count). The molecule has 0 aromatic heterocycles. The van der Waals surface area contributed by atoms with E-state index in [1.165, 1.54) is 0 Å². The van der Waals surface area contributed by atoms with E-state index in [2.05, 4.69) is 10.2 Å². The minimum absolute atomic E-state index is 0.0456. The zero-order chi connectivity index (χ0) is 18.9. The zero-order valence-electron chi connectivity index (χ0n) is 15.5. The maximum Gasteiger partial charge on any atom is 0.242 e. The first kappa shape index (κ1) is 20.7. The molecule has 26 heavy (non-hydrogen) atoms. The molecule has 144 valence electrons. The Hall–Kier alpha value is -1.63. The van der Waals surface area contributed by atoms with Gasteiger partial charge in [-0.3, -0.25) is 14.5 Å². The average Bonchev–Trinajstić information content (AvgIpc) is 2.67. The Morgan fingerprint density at radius 2 is 1.92 bits per heavy atom. The normalized spacial score (nSPS) is 16.1. The minimum Gasteiger partial charge on any atom is -0.379 e. The van der Waals surface area contributed by atoms with Crippen molar-refractivity contribution in [3.63, 3.8) is 0 Å². The lowest BCUT2D eigenvalue weighted by Gasteiger charge is -2.29. The van der Waals surface area contributed by atoms with Crippen molar-refractivity contribution in [2.24, 2.45) is 0 Å². The van der Waals surface area contributed by atoms with Crippen molar-refractivity contribution >= 4 is 23.4 Å². The van der Waals surface area contributed by atoms with E-state index in [0.717, 1.165) is 38.4 Å². The zero-order valence-corrected chi connectivity index (χ0v) is 16.3. The van der Waals surface area contributed by atoms with Crippen molar-refractivity contribution in [3.8, 4) is 0 Å². The highest BCUT2D eigenvalue weighted by Crippen LogP contribution is 2.14. The van der Waals surface area contributed by atoms with Crippen LogP contribution in [-0.2, 0) is 20.9 Å². The van der Waals surface area contributed by atoms with Crippen molar-refractivity contribution in [1.82, 2.24) is 15.1 Å². The van der Waals surface area contributed by atoms with Gasteiger partial charge in [-0.05, 0) is 24.6 Å². The lowest BCUT2D eigenvalue weighted by molar-refractivity contribution is -0.140. The third kappa shape index (κ3) is 6.27. The molecule has 1 aliphatic rings. The second-order valence-electron chi connectivity index (χ2n) is 6.42. The van der Waals surface area contributed by atoms with Crippen LogP contribution in [0.3, 0.4) is 0 Å². The summed E-state index contributed by atoms with van der Waals surface area (Å²) in [6.07, 6.45) is 0.360. The number of carbonyl (C=O) groups excluding carboxylic acids is 2. The molecule has 0 spiro atoms. The minimum atomic E-state index is -0.525. The molecule has 0 aliphatic carbocycles. The van der Waals surface area contributed by atoms with Gasteiger partial charge in [-0.1, -0.05) is 30.7 Å². The number of hydrogen-bond donors (Lipinski definition) is 1. The van der Waals surface area contributed by atoms with Gasteiger partial charge in [-0.15, -0.1) is 0 Å². The summed E-state index contributed by atoms with van der Waals surface area (Å²) in [5.41, 5.74) is 0.948. The fraction of sp³-hybridized carbons (Fsp3) is 0.579. The molecule has 2 amide bonds. The van der Waals surface area contributed by atoms with E-state index in [-0.39, 0.29) is 11.8 Å². The van der Waals surface area contributed by atoms with Crippen LogP contribution in [-0.4, -0.2) is 67.0 Å². The Labute approximate surface area is 160 Å². The topological polar surface area (TPSA) is 61.9 Å². The van der Waals surface area contributed by atoms with Gasteiger partial charge in [0.25, 0.3) is 0 Å². The third-order valence-corrected chi connectivity index (χ3v) is 4.82. The molecule has 1 heterocycles. The molecule has 1 fully saturated rings. The van der Waals surface area contributed by atoms with Gasteiger partial charge < -0.3 is 15.0 Å². The molecular formula is C19H28ClN3O3. The van der Waals surface area contributed by atoms with E-state index in [4.69, 9.17) is 16.3 Å². The quantitative estimate of drug-likeness (QED) is 0.747. The molecule has 1 aromatic rings. The standard InChI is InChI=1S/C19H28ClN3O3/c1-3-18(24)23(14-16-4-6-17(20)7-5-16)15(2)19(25)21-8-9-22-10-12-26-13-11-22/h4-7,15H,3,8-14H2,1-2H3,(H,21,25). The summed E-state index contributed by atoms with van der Waals surface area (Å²) >= 11 is 5.92. The number of ether oxygens (including phenoxy) is 1. The van der Waals surface area contributed by atoms with E-state index < -0.39 is 6.04 Å². The first-order valence-electron chi connectivity index (χ1n) is 9.13. The Morgan fingerprint density at radius 3 is 2.54 bits per heavy atom. The predicted molar refractivity (Wildman–Crippen MR) is 102 cm³/mol.